The summed E-state index contributed by atoms with van der Waals surface area (Å²) in [5.74, 6) is 1.18. The number of aromatic nitrogens is 1. The van der Waals surface area contributed by atoms with E-state index in [0.29, 0.717) is 18.9 Å². The molecule has 3 rings (SSSR count). The van der Waals surface area contributed by atoms with Gasteiger partial charge < -0.3 is 14.8 Å². The molecule has 28 heavy (non-hydrogen) atoms. The second-order valence-electron chi connectivity index (χ2n) is 7.38. The van der Waals surface area contributed by atoms with Gasteiger partial charge in [-0.05, 0) is 56.2 Å². The molecule has 1 aliphatic heterocycles. The van der Waals surface area contributed by atoms with Crippen molar-refractivity contribution in [2.24, 2.45) is 0 Å². The molecule has 5 heteroatoms. The number of anilines is 1. The predicted molar refractivity (Wildman–Crippen MR) is 110 cm³/mol. The molecule has 2 atom stereocenters. The summed E-state index contributed by atoms with van der Waals surface area (Å²) < 4.78 is 10.8. The molecule has 1 aliphatic rings. The number of aryl methyl sites for hydroxylation is 1. The lowest BCUT2D eigenvalue weighted by molar-refractivity contribution is -0.144. The molecule has 0 unspecified atom stereocenters. The van der Waals surface area contributed by atoms with Crippen LogP contribution in [0, 0.1) is 6.92 Å². The van der Waals surface area contributed by atoms with E-state index in [9.17, 15) is 4.79 Å². The highest BCUT2D eigenvalue weighted by molar-refractivity contribution is 5.69. The van der Waals surface area contributed by atoms with Crippen LogP contribution < -0.4 is 5.32 Å². The van der Waals surface area contributed by atoms with Gasteiger partial charge in [0.2, 0.25) is 0 Å². The van der Waals surface area contributed by atoms with Crippen molar-refractivity contribution in [1.29, 1.82) is 0 Å². The van der Waals surface area contributed by atoms with E-state index in [4.69, 9.17) is 9.47 Å². The number of ether oxygens (including phenoxy) is 2. The predicted octanol–water partition coefficient (Wildman–Crippen LogP) is 4.61. The molecule has 5 nitrogen and oxygen atoms in total. The van der Waals surface area contributed by atoms with Crippen molar-refractivity contribution in [2.45, 2.75) is 58.1 Å². The fourth-order valence-electron chi connectivity index (χ4n) is 3.66. The number of hydrogen-bond acceptors (Lipinski definition) is 5. The van der Waals surface area contributed by atoms with Crippen molar-refractivity contribution in [3.63, 3.8) is 0 Å². The molecule has 1 aromatic heterocycles. The zero-order valence-corrected chi connectivity index (χ0v) is 16.8. The zero-order valence-electron chi connectivity index (χ0n) is 16.8. The Labute approximate surface area is 167 Å². The van der Waals surface area contributed by atoms with Gasteiger partial charge in [0.25, 0.3) is 0 Å². The third kappa shape index (κ3) is 6.06. The van der Waals surface area contributed by atoms with Crippen LogP contribution in [-0.2, 0) is 20.8 Å². The van der Waals surface area contributed by atoms with Crippen LogP contribution in [0.3, 0.4) is 0 Å². The molecule has 0 aliphatic carbocycles. The quantitative estimate of drug-likeness (QED) is 0.676. The van der Waals surface area contributed by atoms with Crippen molar-refractivity contribution in [2.75, 3.05) is 18.5 Å². The zero-order chi connectivity index (χ0) is 19.8. The maximum atomic E-state index is 11.6. The number of hydrogen-bond donors (Lipinski definition) is 1. The molecule has 1 aromatic carbocycles. The number of carbonyl (C=O) groups excluding carboxylic acids is 1. The summed E-state index contributed by atoms with van der Waals surface area (Å²) >= 11 is 0. The SMILES string of the molecule is CCOC(=O)CC[C@H]1C[C@@H](c2ccc(NCc3cccc(C)c3)nc2)CCO1. The highest BCUT2D eigenvalue weighted by atomic mass is 16.5. The van der Waals surface area contributed by atoms with Crippen LogP contribution in [0.4, 0.5) is 5.82 Å². The number of nitrogens with zero attached hydrogens (tertiary/aromatic N) is 1. The van der Waals surface area contributed by atoms with Gasteiger partial charge in [-0.1, -0.05) is 35.9 Å². The van der Waals surface area contributed by atoms with Gasteiger partial charge in [0.1, 0.15) is 5.82 Å². The first-order chi connectivity index (χ1) is 13.6. The standard InChI is InChI=1S/C23H30N2O3/c1-3-27-23(26)10-8-21-14-19(11-12-28-21)20-7-9-22(25-16-20)24-15-18-6-4-5-17(2)13-18/h4-7,9,13,16,19,21H,3,8,10-12,14-15H2,1-2H3,(H,24,25)/t19-,21-/m0/s1. The van der Waals surface area contributed by atoms with E-state index >= 15 is 0 Å². The Morgan fingerprint density at radius 3 is 2.96 bits per heavy atom. The lowest BCUT2D eigenvalue weighted by Crippen LogP contribution is -2.25. The molecular weight excluding hydrogens is 352 g/mol. The summed E-state index contributed by atoms with van der Waals surface area (Å²) in [4.78, 5) is 16.2. The van der Waals surface area contributed by atoms with Gasteiger partial charge in [0.05, 0.1) is 12.7 Å². The first-order valence-corrected chi connectivity index (χ1v) is 10.2. The van der Waals surface area contributed by atoms with E-state index in [1.54, 1.807) is 0 Å². The molecule has 0 radical (unpaired) electrons. The van der Waals surface area contributed by atoms with Crippen molar-refractivity contribution >= 4 is 11.8 Å². The van der Waals surface area contributed by atoms with Crippen LogP contribution in [0.2, 0.25) is 0 Å². The first-order valence-electron chi connectivity index (χ1n) is 10.2. The minimum atomic E-state index is -0.140. The summed E-state index contributed by atoms with van der Waals surface area (Å²) in [6.45, 7) is 5.86. The summed E-state index contributed by atoms with van der Waals surface area (Å²) in [6, 6.07) is 12.7. The van der Waals surface area contributed by atoms with Crippen LogP contribution in [0.25, 0.3) is 0 Å². The average Bonchev–Trinajstić information content (AvgIpc) is 2.72. The fraction of sp³-hybridized carbons (Fsp3) is 0.478. The van der Waals surface area contributed by atoms with Gasteiger partial charge in [-0.25, -0.2) is 4.98 Å². The topological polar surface area (TPSA) is 60.5 Å². The van der Waals surface area contributed by atoms with Crippen molar-refractivity contribution in [1.82, 2.24) is 4.98 Å². The van der Waals surface area contributed by atoms with Gasteiger partial charge >= 0.3 is 5.97 Å². The van der Waals surface area contributed by atoms with E-state index in [2.05, 4.69) is 47.6 Å². The van der Waals surface area contributed by atoms with Crippen molar-refractivity contribution < 1.29 is 14.3 Å². The highest BCUT2D eigenvalue weighted by Gasteiger charge is 2.24. The van der Waals surface area contributed by atoms with Gasteiger partial charge in [-0.2, -0.15) is 0 Å². The number of rotatable bonds is 8. The van der Waals surface area contributed by atoms with Gasteiger partial charge in [0, 0.05) is 25.8 Å². The van der Waals surface area contributed by atoms with E-state index in [1.165, 1.54) is 16.7 Å². The Morgan fingerprint density at radius 1 is 1.32 bits per heavy atom. The number of nitrogens with one attached hydrogen (secondary N) is 1. The third-order valence-electron chi connectivity index (χ3n) is 5.16. The van der Waals surface area contributed by atoms with Crippen molar-refractivity contribution in [3.8, 4) is 0 Å². The van der Waals surface area contributed by atoms with E-state index in [1.807, 2.05) is 19.2 Å². The molecule has 0 bridgehead atoms. The van der Waals surface area contributed by atoms with Gasteiger partial charge in [-0.15, -0.1) is 0 Å². The largest absolute Gasteiger partial charge is 0.466 e. The van der Waals surface area contributed by atoms with E-state index < -0.39 is 0 Å². The van der Waals surface area contributed by atoms with Crippen LogP contribution in [0.1, 0.15) is 55.2 Å². The second-order valence-corrected chi connectivity index (χ2v) is 7.38. The molecule has 150 valence electrons. The molecular formula is C23H30N2O3. The Morgan fingerprint density at radius 2 is 2.21 bits per heavy atom. The normalized spacial score (nSPS) is 19.2. The first kappa shape index (κ1) is 20.3. The molecule has 1 N–H and O–H groups in total. The van der Waals surface area contributed by atoms with Crippen LogP contribution in [0.5, 0.6) is 0 Å². The minimum Gasteiger partial charge on any atom is -0.466 e. The molecule has 1 saturated heterocycles. The fourth-order valence-corrected chi connectivity index (χ4v) is 3.66. The monoisotopic (exact) mass is 382 g/mol. The molecule has 0 saturated carbocycles. The number of pyridine rings is 1. The van der Waals surface area contributed by atoms with Crippen LogP contribution >= 0.6 is 0 Å². The maximum absolute atomic E-state index is 11.6. The van der Waals surface area contributed by atoms with E-state index in [-0.39, 0.29) is 12.1 Å². The number of benzene rings is 1. The Bertz CT molecular complexity index is 761. The third-order valence-corrected chi connectivity index (χ3v) is 5.16. The molecule has 0 spiro atoms. The smallest absolute Gasteiger partial charge is 0.305 e. The Kier molecular flexibility index (Phi) is 7.43. The summed E-state index contributed by atoms with van der Waals surface area (Å²) in [5, 5.41) is 3.38. The summed E-state index contributed by atoms with van der Waals surface area (Å²) in [6.07, 6.45) is 5.15. The van der Waals surface area contributed by atoms with Gasteiger partial charge in [-0.3, -0.25) is 4.79 Å². The molecule has 2 heterocycles. The molecule has 1 fully saturated rings. The lowest BCUT2D eigenvalue weighted by Gasteiger charge is -2.29. The van der Waals surface area contributed by atoms with Crippen LogP contribution in [0.15, 0.2) is 42.6 Å². The Balaban J connectivity index is 1.50. The molecule has 2 aromatic rings. The lowest BCUT2D eigenvalue weighted by atomic mass is 9.88. The number of esters is 1. The minimum absolute atomic E-state index is 0.113. The summed E-state index contributed by atoms with van der Waals surface area (Å²) in [7, 11) is 0. The summed E-state index contributed by atoms with van der Waals surface area (Å²) in [5.41, 5.74) is 3.75. The average molecular weight is 383 g/mol. The Hall–Kier alpha value is -2.40. The number of carbonyl (C=O) groups is 1. The molecule has 0 amide bonds. The maximum Gasteiger partial charge on any atom is 0.305 e. The highest BCUT2D eigenvalue weighted by Crippen LogP contribution is 2.31. The van der Waals surface area contributed by atoms with E-state index in [0.717, 1.165) is 38.2 Å². The van der Waals surface area contributed by atoms with Crippen LogP contribution in [-0.4, -0.2) is 30.3 Å². The van der Waals surface area contributed by atoms with Gasteiger partial charge in [0.15, 0.2) is 0 Å². The second kappa shape index (κ2) is 10.2. The van der Waals surface area contributed by atoms with Crippen molar-refractivity contribution in [3.05, 3.63) is 59.3 Å².